The van der Waals surface area contributed by atoms with E-state index in [2.05, 4.69) is 126 Å². The zero-order valence-corrected chi connectivity index (χ0v) is 20.8. The van der Waals surface area contributed by atoms with Crippen LogP contribution in [0.5, 0.6) is 0 Å². The Labute approximate surface area is 203 Å². The molecular formula is C27H30ClN4P. The number of hydrogen-bond acceptors (Lipinski definition) is 4. The van der Waals surface area contributed by atoms with Crippen molar-refractivity contribution in [1.29, 1.82) is 0 Å². The third kappa shape index (κ3) is 6.19. The Bertz CT molecular complexity index is 1070. The maximum absolute atomic E-state index is 3.84. The van der Waals surface area contributed by atoms with Gasteiger partial charge in [0.1, 0.15) is 0 Å². The van der Waals surface area contributed by atoms with Crippen LogP contribution >= 0.6 is 7.87 Å². The molecule has 0 aliphatic carbocycles. The highest BCUT2D eigenvalue weighted by Gasteiger charge is 2.41. The normalized spacial score (nSPS) is 10.6. The molecule has 33 heavy (non-hydrogen) atoms. The van der Waals surface area contributed by atoms with Crippen molar-refractivity contribution in [2.45, 2.75) is 20.8 Å². The maximum Gasteiger partial charge on any atom is 0.395 e. The lowest BCUT2D eigenvalue weighted by Crippen LogP contribution is -3.00. The molecule has 0 heterocycles. The minimum atomic E-state index is -2.46. The molecule has 4 aromatic carbocycles. The molecule has 0 saturated carbocycles. The van der Waals surface area contributed by atoms with Gasteiger partial charge in [0.15, 0.2) is 0 Å². The summed E-state index contributed by atoms with van der Waals surface area (Å²) in [7, 11) is -2.46. The minimum absolute atomic E-state index is 0. The second-order valence-corrected chi connectivity index (χ2v) is 10.2. The zero-order valence-electron chi connectivity index (χ0n) is 19.1. The molecule has 0 fully saturated rings. The SMILES string of the molecule is Cc1ccccc1N[P+](Nc1ccccc1)(Nc1ccccc1C)Nc1ccccc1C.[Cl-]. The summed E-state index contributed by atoms with van der Waals surface area (Å²) in [5.41, 5.74) is 7.81. The Kier molecular flexibility index (Phi) is 8.21. The Balaban J connectivity index is 0.00000306. The van der Waals surface area contributed by atoms with Crippen LogP contribution in [-0.4, -0.2) is 0 Å². The average molecular weight is 477 g/mol. The molecular weight excluding hydrogens is 447 g/mol. The topological polar surface area (TPSA) is 48.1 Å². The number of nitrogens with one attached hydrogen (secondary N) is 4. The molecule has 0 atom stereocenters. The van der Waals surface area contributed by atoms with Gasteiger partial charge in [-0.2, -0.15) is 0 Å². The number of para-hydroxylation sites is 4. The fourth-order valence-electron chi connectivity index (χ4n) is 3.51. The summed E-state index contributed by atoms with van der Waals surface area (Å²) >= 11 is 0. The fraction of sp³-hybridized carbons (Fsp3) is 0.111. The predicted molar refractivity (Wildman–Crippen MR) is 141 cm³/mol. The molecule has 0 amide bonds. The van der Waals surface area contributed by atoms with Crippen LogP contribution in [0.25, 0.3) is 0 Å². The van der Waals surface area contributed by atoms with Crippen LogP contribution in [0.4, 0.5) is 22.7 Å². The molecule has 6 heteroatoms. The van der Waals surface area contributed by atoms with E-state index in [1.807, 2.05) is 18.2 Å². The van der Waals surface area contributed by atoms with Gasteiger partial charge in [-0.25, -0.2) is 20.3 Å². The van der Waals surface area contributed by atoms with Crippen LogP contribution < -0.4 is 32.8 Å². The van der Waals surface area contributed by atoms with Crippen molar-refractivity contribution in [3.63, 3.8) is 0 Å². The first-order valence-corrected chi connectivity index (χ1v) is 12.6. The Morgan fingerprint density at radius 2 is 0.758 bits per heavy atom. The summed E-state index contributed by atoms with van der Waals surface area (Å²) in [4.78, 5) is 0. The van der Waals surface area contributed by atoms with Crippen molar-refractivity contribution in [1.82, 2.24) is 0 Å². The van der Waals surface area contributed by atoms with Crippen LogP contribution in [0, 0.1) is 20.8 Å². The monoisotopic (exact) mass is 476 g/mol. The summed E-state index contributed by atoms with van der Waals surface area (Å²) in [6, 6.07) is 35.4. The smallest absolute Gasteiger partial charge is 0.395 e. The number of aryl methyl sites for hydroxylation is 3. The third-order valence-corrected chi connectivity index (χ3v) is 7.69. The molecule has 4 rings (SSSR count). The first kappa shape index (κ1) is 24.4. The Morgan fingerprint density at radius 1 is 0.424 bits per heavy atom. The Morgan fingerprint density at radius 3 is 1.12 bits per heavy atom. The number of rotatable bonds is 8. The van der Waals surface area contributed by atoms with Crippen LogP contribution in [0.3, 0.4) is 0 Å². The summed E-state index contributed by atoms with van der Waals surface area (Å²) in [6.45, 7) is 6.38. The second kappa shape index (κ2) is 11.1. The van der Waals surface area contributed by atoms with Crippen molar-refractivity contribution in [2.24, 2.45) is 0 Å². The van der Waals surface area contributed by atoms with Crippen LogP contribution in [-0.2, 0) is 0 Å². The number of halogens is 1. The Hall–Kier alpha value is -3.20. The quantitative estimate of drug-likeness (QED) is 0.269. The van der Waals surface area contributed by atoms with E-state index in [0.29, 0.717) is 0 Å². The summed E-state index contributed by atoms with van der Waals surface area (Å²) < 4.78 is 0. The average Bonchev–Trinajstić information content (AvgIpc) is 2.79. The van der Waals surface area contributed by atoms with Gasteiger partial charge in [-0.15, -0.1) is 0 Å². The molecule has 0 aliphatic rings. The van der Waals surface area contributed by atoms with Gasteiger partial charge in [0.05, 0.1) is 22.7 Å². The van der Waals surface area contributed by atoms with Gasteiger partial charge in [0.25, 0.3) is 0 Å². The zero-order chi connectivity index (χ0) is 22.4. The van der Waals surface area contributed by atoms with Crippen molar-refractivity contribution in [3.8, 4) is 0 Å². The van der Waals surface area contributed by atoms with Crippen molar-refractivity contribution in [3.05, 3.63) is 120 Å². The number of benzene rings is 4. The number of hydrogen-bond donors (Lipinski definition) is 4. The van der Waals surface area contributed by atoms with Crippen molar-refractivity contribution >= 4 is 30.6 Å². The van der Waals surface area contributed by atoms with Gasteiger partial charge >= 0.3 is 7.87 Å². The van der Waals surface area contributed by atoms with Gasteiger partial charge in [0.2, 0.25) is 0 Å². The van der Waals surface area contributed by atoms with Crippen LogP contribution in [0.2, 0.25) is 0 Å². The molecule has 0 aliphatic heterocycles. The van der Waals surface area contributed by atoms with Gasteiger partial charge < -0.3 is 12.4 Å². The van der Waals surface area contributed by atoms with E-state index in [1.165, 1.54) is 16.7 Å². The standard InChI is InChI=1S/C27H30N4P.ClH/c1-21-13-7-10-18-25(21)29-32(28-24-16-5-4-6-17-24,30-26-19-11-8-14-22(26)2)31-27-20-12-9-15-23(27)3;/h4-20,28-31H,1-3H3;1H/q+1;/p-1. The van der Waals surface area contributed by atoms with E-state index in [1.54, 1.807) is 0 Å². The molecule has 0 bridgehead atoms. The van der Waals surface area contributed by atoms with Crippen LogP contribution in [0.15, 0.2) is 103 Å². The predicted octanol–water partition coefficient (Wildman–Crippen LogP) is 5.04. The first-order chi connectivity index (χ1) is 15.5. The van der Waals surface area contributed by atoms with Crippen molar-refractivity contribution in [2.75, 3.05) is 20.3 Å². The molecule has 0 aromatic heterocycles. The van der Waals surface area contributed by atoms with Crippen molar-refractivity contribution < 1.29 is 12.4 Å². The highest BCUT2D eigenvalue weighted by atomic mass is 35.5. The highest BCUT2D eigenvalue weighted by molar-refractivity contribution is 7.81. The molecule has 0 spiro atoms. The summed E-state index contributed by atoms with van der Waals surface area (Å²) in [5, 5.41) is 15.3. The lowest BCUT2D eigenvalue weighted by molar-refractivity contribution is -0.00000655. The first-order valence-electron chi connectivity index (χ1n) is 10.8. The molecule has 4 nitrogen and oxygen atoms in total. The van der Waals surface area contributed by atoms with Gasteiger partial charge in [0, 0.05) is 0 Å². The van der Waals surface area contributed by atoms with E-state index in [9.17, 15) is 0 Å². The molecule has 170 valence electrons. The number of anilines is 4. The fourth-order valence-corrected chi connectivity index (χ4v) is 6.22. The lowest BCUT2D eigenvalue weighted by atomic mass is 10.2. The molecule has 0 unspecified atom stereocenters. The van der Waals surface area contributed by atoms with E-state index >= 15 is 0 Å². The summed E-state index contributed by atoms with van der Waals surface area (Å²) in [6.07, 6.45) is 0. The second-order valence-electron chi connectivity index (χ2n) is 7.93. The third-order valence-electron chi connectivity index (χ3n) is 5.37. The molecule has 0 saturated heterocycles. The lowest BCUT2D eigenvalue weighted by Gasteiger charge is -2.31. The summed E-state index contributed by atoms with van der Waals surface area (Å²) in [5.74, 6) is 0. The van der Waals surface area contributed by atoms with Gasteiger partial charge in [-0.1, -0.05) is 72.8 Å². The van der Waals surface area contributed by atoms with E-state index in [0.717, 1.165) is 22.7 Å². The molecule has 4 aromatic rings. The van der Waals surface area contributed by atoms with E-state index < -0.39 is 7.87 Å². The van der Waals surface area contributed by atoms with Gasteiger partial charge in [-0.3, -0.25) is 0 Å². The maximum atomic E-state index is 3.84. The molecule has 0 radical (unpaired) electrons. The largest absolute Gasteiger partial charge is 1.00 e. The molecule has 4 N–H and O–H groups in total. The highest BCUT2D eigenvalue weighted by Crippen LogP contribution is 2.57. The van der Waals surface area contributed by atoms with E-state index in [-0.39, 0.29) is 12.4 Å². The van der Waals surface area contributed by atoms with E-state index in [4.69, 9.17) is 0 Å². The minimum Gasteiger partial charge on any atom is -1.00 e. The van der Waals surface area contributed by atoms with Crippen LogP contribution in [0.1, 0.15) is 16.7 Å². The van der Waals surface area contributed by atoms with Gasteiger partial charge in [-0.05, 0) is 67.8 Å².